The number of nitrogens with zero attached hydrogens (tertiary/aromatic N) is 2. The molecule has 0 saturated carbocycles. The summed E-state index contributed by atoms with van der Waals surface area (Å²) in [5.41, 5.74) is 6.22. The molecule has 0 radical (unpaired) electrons. The topological polar surface area (TPSA) is 46.9 Å². The second-order valence-corrected chi connectivity index (χ2v) is 9.52. The van der Waals surface area contributed by atoms with Crippen LogP contribution in [0.25, 0.3) is 16.9 Å². The Morgan fingerprint density at radius 3 is 2.42 bits per heavy atom. The van der Waals surface area contributed by atoms with Gasteiger partial charge in [0.25, 0.3) is 0 Å². The van der Waals surface area contributed by atoms with Crippen molar-refractivity contribution in [2.75, 3.05) is 11.1 Å². The fraction of sp³-hybridized carbons (Fsp3) is 0.120. The number of carbonyl (C=O) groups excluding carboxylic acids is 1. The van der Waals surface area contributed by atoms with E-state index in [0.717, 1.165) is 38.4 Å². The zero-order valence-electron chi connectivity index (χ0n) is 16.9. The Morgan fingerprint density at radius 1 is 1.00 bits per heavy atom. The molecule has 4 aromatic rings. The molecular weight excluding hydrogens is 470 g/mol. The fourth-order valence-corrected chi connectivity index (χ4v) is 5.18. The highest BCUT2D eigenvalue weighted by atomic mass is 79.9. The molecule has 1 atom stereocenters. The number of aromatic nitrogens is 2. The molecule has 4 nitrogen and oxygen atoms in total. The van der Waals surface area contributed by atoms with Crippen molar-refractivity contribution < 1.29 is 4.79 Å². The molecule has 1 N–H and O–H groups in total. The van der Waals surface area contributed by atoms with Gasteiger partial charge in [-0.2, -0.15) is 5.10 Å². The molecule has 1 aromatic heterocycles. The monoisotopic (exact) mass is 489 g/mol. The van der Waals surface area contributed by atoms with Crippen LogP contribution in [0.1, 0.15) is 21.9 Å². The van der Waals surface area contributed by atoms with Crippen LogP contribution >= 0.6 is 27.7 Å². The Morgan fingerprint density at radius 2 is 1.71 bits per heavy atom. The zero-order chi connectivity index (χ0) is 21.4. The first-order valence-corrected chi connectivity index (χ1v) is 11.9. The summed E-state index contributed by atoms with van der Waals surface area (Å²) in [6.07, 6.45) is 0. The molecule has 1 aliphatic rings. The number of aryl methyl sites for hydroxylation is 1. The Bertz CT molecular complexity index is 1230. The maximum Gasteiger partial charge on any atom is 0.235 e. The molecular formula is C25H20BrN3OS. The van der Waals surface area contributed by atoms with E-state index in [1.807, 2.05) is 47.1 Å². The zero-order valence-corrected chi connectivity index (χ0v) is 19.3. The van der Waals surface area contributed by atoms with E-state index in [-0.39, 0.29) is 11.2 Å². The van der Waals surface area contributed by atoms with Gasteiger partial charge in [0.2, 0.25) is 5.91 Å². The molecule has 0 bridgehead atoms. The Labute approximate surface area is 193 Å². The maximum atomic E-state index is 12.7. The molecule has 1 amide bonds. The van der Waals surface area contributed by atoms with E-state index in [9.17, 15) is 4.79 Å². The van der Waals surface area contributed by atoms with Gasteiger partial charge < -0.3 is 5.32 Å². The second-order valence-electron chi connectivity index (χ2n) is 7.52. The average Bonchev–Trinajstić information content (AvgIpc) is 3.06. The minimum absolute atomic E-state index is 0.0154. The number of para-hydroxylation sites is 1. The Hall–Kier alpha value is -2.83. The number of nitrogens with one attached hydrogen (secondary N) is 1. The SMILES string of the molecule is Cc1ccc(-c2nn(-c3ccccc3)c3c2C(c2ccc(Br)cc2)SCC(=O)N3)cc1. The van der Waals surface area contributed by atoms with Crippen molar-refractivity contribution in [1.82, 2.24) is 9.78 Å². The summed E-state index contributed by atoms with van der Waals surface area (Å²) in [7, 11) is 0. The minimum Gasteiger partial charge on any atom is -0.310 e. The summed E-state index contributed by atoms with van der Waals surface area (Å²) in [4.78, 5) is 12.7. The summed E-state index contributed by atoms with van der Waals surface area (Å²) < 4.78 is 2.89. The first-order chi connectivity index (χ1) is 15.1. The molecule has 0 spiro atoms. The van der Waals surface area contributed by atoms with Crippen LogP contribution in [0.5, 0.6) is 0 Å². The third-order valence-electron chi connectivity index (χ3n) is 5.32. The van der Waals surface area contributed by atoms with Crippen LogP contribution in [0.2, 0.25) is 0 Å². The van der Waals surface area contributed by atoms with Crippen molar-refractivity contribution in [3.8, 4) is 16.9 Å². The molecule has 0 saturated heterocycles. The van der Waals surface area contributed by atoms with Gasteiger partial charge in [0.1, 0.15) is 5.82 Å². The van der Waals surface area contributed by atoms with Crippen molar-refractivity contribution >= 4 is 39.4 Å². The number of fused-ring (bicyclic) bond motifs is 1. The van der Waals surface area contributed by atoms with Gasteiger partial charge in [-0.15, -0.1) is 11.8 Å². The number of hydrogen-bond acceptors (Lipinski definition) is 3. The predicted molar refractivity (Wildman–Crippen MR) is 131 cm³/mol. The molecule has 3 aromatic carbocycles. The lowest BCUT2D eigenvalue weighted by Gasteiger charge is -2.16. The van der Waals surface area contributed by atoms with Gasteiger partial charge in [0.05, 0.1) is 22.4 Å². The van der Waals surface area contributed by atoms with Crippen LogP contribution < -0.4 is 5.32 Å². The van der Waals surface area contributed by atoms with Gasteiger partial charge in [0.15, 0.2) is 0 Å². The average molecular weight is 490 g/mol. The van der Waals surface area contributed by atoms with Crippen LogP contribution in [-0.4, -0.2) is 21.4 Å². The van der Waals surface area contributed by atoms with Crippen molar-refractivity contribution in [2.45, 2.75) is 12.2 Å². The van der Waals surface area contributed by atoms with Gasteiger partial charge in [-0.3, -0.25) is 4.79 Å². The highest BCUT2D eigenvalue weighted by molar-refractivity contribution is 9.10. The standard InChI is InChI=1S/C25H20BrN3OS/c1-16-7-9-17(10-8-16)23-22-24(18-11-13-19(26)14-12-18)31-15-21(30)27-25(22)29(28-23)20-5-3-2-4-6-20/h2-14,24H,15H2,1H3,(H,27,30). The van der Waals surface area contributed by atoms with E-state index < -0.39 is 0 Å². The summed E-state index contributed by atoms with van der Waals surface area (Å²) in [6, 6.07) is 26.7. The summed E-state index contributed by atoms with van der Waals surface area (Å²) in [5, 5.41) is 8.13. The van der Waals surface area contributed by atoms with E-state index in [0.29, 0.717) is 5.75 Å². The van der Waals surface area contributed by atoms with Crippen molar-refractivity contribution in [2.24, 2.45) is 0 Å². The molecule has 0 aliphatic carbocycles. The predicted octanol–water partition coefficient (Wildman–Crippen LogP) is 6.38. The van der Waals surface area contributed by atoms with Crippen LogP contribution in [0.3, 0.4) is 0 Å². The molecule has 5 rings (SSSR count). The van der Waals surface area contributed by atoms with Crippen LogP contribution in [0, 0.1) is 6.92 Å². The Balaban J connectivity index is 1.78. The van der Waals surface area contributed by atoms with E-state index in [1.54, 1.807) is 11.8 Å². The van der Waals surface area contributed by atoms with E-state index in [2.05, 4.69) is 64.6 Å². The number of carbonyl (C=O) groups is 1. The largest absolute Gasteiger partial charge is 0.310 e. The molecule has 6 heteroatoms. The maximum absolute atomic E-state index is 12.7. The van der Waals surface area contributed by atoms with E-state index >= 15 is 0 Å². The van der Waals surface area contributed by atoms with Gasteiger partial charge in [-0.1, -0.05) is 76.1 Å². The molecule has 154 valence electrons. The summed E-state index contributed by atoms with van der Waals surface area (Å²) >= 11 is 5.16. The van der Waals surface area contributed by atoms with Gasteiger partial charge in [-0.25, -0.2) is 4.68 Å². The number of rotatable bonds is 3. The van der Waals surface area contributed by atoms with Gasteiger partial charge in [0, 0.05) is 15.6 Å². The summed E-state index contributed by atoms with van der Waals surface area (Å²) in [5.74, 6) is 1.11. The fourth-order valence-electron chi connectivity index (χ4n) is 3.79. The quantitative estimate of drug-likeness (QED) is 0.362. The van der Waals surface area contributed by atoms with Gasteiger partial charge in [-0.05, 0) is 36.8 Å². The lowest BCUT2D eigenvalue weighted by Crippen LogP contribution is -2.15. The third kappa shape index (κ3) is 3.93. The molecule has 31 heavy (non-hydrogen) atoms. The minimum atomic E-state index is -0.0178. The smallest absolute Gasteiger partial charge is 0.235 e. The van der Waals surface area contributed by atoms with E-state index in [4.69, 9.17) is 5.10 Å². The molecule has 2 heterocycles. The second kappa shape index (κ2) is 8.36. The number of hydrogen-bond donors (Lipinski definition) is 1. The highest BCUT2D eigenvalue weighted by Crippen LogP contribution is 2.46. The Kier molecular flexibility index (Phi) is 5.42. The normalized spacial score (nSPS) is 15.8. The van der Waals surface area contributed by atoms with E-state index in [1.165, 1.54) is 5.56 Å². The first kappa shape index (κ1) is 20.1. The molecule has 0 fully saturated rings. The van der Waals surface area contributed by atoms with Crippen molar-refractivity contribution in [1.29, 1.82) is 0 Å². The number of thioether (sulfide) groups is 1. The lowest BCUT2D eigenvalue weighted by molar-refractivity contribution is -0.113. The van der Waals surface area contributed by atoms with Crippen molar-refractivity contribution in [3.63, 3.8) is 0 Å². The molecule has 1 unspecified atom stereocenters. The van der Waals surface area contributed by atoms with Crippen LogP contribution in [-0.2, 0) is 4.79 Å². The third-order valence-corrected chi connectivity index (χ3v) is 7.12. The van der Waals surface area contributed by atoms with Crippen LogP contribution in [0.4, 0.5) is 5.82 Å². The number of halogens is 1. The van der Waals surface area contributed by atoms with Gasteiger partial charge >= 0.3 is 0 Å². The summed E-state index contributed by atoms with van der Waals surface area (Å²) in [6.45, 7) is 2.08. The van der Waals surface area contributed by atoms with Crippen molar-refractivity contribution in [3.05, 3.63) is 100 Å². The number of benzene rings is 3. The molecule has 1 aliphatic heterocycles. The number of anilines is 1. The lowest BCUT2D eigenvalue weighted by atomic mass is 9.99. The highest BCUT2D eigenvalue weighted by Gasteiger charge is 2.32. The first-order valence-electron chi connectivity index (χ1n) is 10.0. The van der Waals surface area contributed by atoms with Crippen LogP contribution in [0.15, 0.2) is 83.3 Å². The number of amides is 1.